The molecular weight excluding hydrogens is 399 g/mol. The van der Waals surface area contributed by atoms with Gasteiger partial charge < -0.3 is 10.2 Å². The topological polar surface area (TPSA) is 32.3 Å². The van der Waals surface area contributed by atoms with E-state index in [2.05, 4.69) is 10.2 Å². The Morgan fingerprint density at radius 2 is 1.93 bits per heavy atom. The number of hydrogen-bond donors (Lipinski definition) is 1. The second kappa shape index (κ2) is 9.04. The third-order valence-electron chi connectivity index (χ3n) is 6.20. The fourth-order valence-corrected chi connectivity index (χ4v) is 6.40. The number of carbonyl (C=O) groups excluding carboxylic acids is 1. The minimum Gasteiger partial charge on any atom is -0.310 e. The number of likely N-dealkylation sites (tertiary alicyclic amines) is 1. The monoisotopic (exact) mass is 426 g/mol. The highest BCUT2D eigenvalue weighted by molar-refractivity contribution is 8.00. The highest BCUT2D eigenvalue weighted by Crippen LogP contribution is 2.39. The van der Waals surface area contributed by atoms with Crippen molar-refractivity contribution in [3.8, 4) is 0 Å². The molecule has 0 aromatic heterocycles. The van der Waals surface area contributed by atoms with Crippen LogP contribution in [0.5, 0.6) is 0 Å². The van der Waals surface area contributed by atoms with Crippen molar-refractivity contribution in [3.05, 3.63) is 33.3 Å². The zero-order chi connectivity index (χ0) is 18.8. The molecule has 4 rings (SSSR count). The molecule has 2 saturated heterocycles. The second-order valence-corrected chi connectivity index (χ2v) is 10.1. The molecule has 6 heteroatoms. The lowest BCUT2D eigenvalue weighted by molar-refractivity contribution is -0.121. The molecule has 1 aromatic carbocycles. The van der Waals surface area contributed by atoms with Crippen molar-refractivity contribution in [1.82, 2.24) is 10.2 Å². The Bertz CT molecular complexity index is 693. The van der Waals surface area contributed by atoms with Gasteiger partial charge in [-0.05, 0) is 68.5 Å². The van der Waals surface area contributed by atoms with E-state index in [0.717, 1.165) is 43.7 Å². The summed E-state index contributed by atoms with van der Waals surface area (Å²) in [6, 6.07) is 4.17. The molecular formula is C21H28Cl2N2OS. The summed E-state index contributed by atoms with van der Waals surface area (Å²) in [7, 11) is 0. The number of benzene rings is 1. The van der Waals surface area contributed by atoms with Gasteiger partial charge >= 0.3 is 0 Å². The maximum Gasteiger partial charge on any atom is 0.154 e. The number of hydrogen-bond acceptors (Lipinski definition) is 4. The summed E-state index contributed by atoms with van der Waals surface area (Å²) in [4.78, 5) is 16.1. The number of thioether (sulfide) groups is 1. The van der Waals surface area contributed by atoms with E-state index in [1.54, 1.807) is 0 Å². The summed E-state index contributed by atoms with van der Waals surface area (Å²) in [6.07, 6.45) is 6.87. The van der Waals surface area contributed by atoms with Gasteiger partial charge in [0.15, 0.2) is 5.78 Å². The van der Waals surface area contributed by atoms with E-state index in [9.17, 15) is 4.79 Å². The van der Waals surface area contributed by atoms with Crippen LogP contribution in [-0.2, 0) is 11.2 Å². The van der Waals surface area contributed by atoms with Crippen molar-refractivity contribution in [2.75, 3.05) is 31.9 Å². The first-order chi connectivity index (χ1) is 13.1. The largest absolute Gasteiger partial charge is 0.310 e. The Morgan fingerprint density at radius 1 is 1.15 bits per heavy atom. The minimum atomic E-state index is -0.0372. The number of ketones is 1. The highest BCUT2D eigenvalue weighted by Gasteiger charge is 2.38. The summed E-state index contributed by atoms with van der Waals surface area (Å²) >= 11 is 14.4. The summed E-state index contributed by atoms with van der Waals surface area (Å²) in [5.41, 5.74) is 2.32. The third kappa shape index (κ3) is 4.51. The van der Waals surface area contributed by atoms with E-state index in [1.165, 1.54) is 37.9 Å². The van der Waals surface area contributed by atoms with Crippen molar-refractivity contribution in [3.63, 3.8) is 0 Å². The first-order valence-electron chi connectivity index (χ1n) is 10.2. The lowest BCUT2D eigenvalue weighted by Gasteiger charge is -2.38. The van der Waals surface area contributed by atoms with Crippen LogP contribution >= 0.6 is 35.0 Å². The van der Waals surface area contributed by atoms with Crippen LogP contribution in [0.4, 0.5) is 0 Å². The molecule has 0 spiro atoms. The lowest BCUT2D eigenvalue weighted by Crippen LogP contribution is -2.54. The quantitative estimate of drug-likeness (QED) is 0.765. The standard InChI is InChI=1S/C21H28Cl2N2OS/c22-17-11-14-5-4-6-15(16(14)12-18(17)23)20(26)21-19(24-7-10-27-21)13-25-8-2-1-3-9-25/h11-12,15,19,21,24H,1-10,13H2. The predicted molar refractivity (Wildman–Crippen MR) is 115 cm³/mol. The van der Waals surface area contributed by atoms with Gasteiger partial charge in [0.25, 0.3) is 0 Å². The number of piperidine rings is 1. The van der Waals surface area contributed by atoms with Crippen molar-refractivity contribution in [2.24, 2.45) is 0 Å². The number of Topliss-reactive ketones (excluding diaryl/α,β-unsaturated/α-hetero) is 1. The first kappa shape index (κ1) is 20.0. The Morgan fingerprint density at radius 3 is 2.74 bits per heavy atom. The lowest BCUT2D eigenvalue weighted by atomic mass is 9.79. The van der Waals surface area contributed by atoms with Crippen LogP contribution in [0.15, 0.2) is 12.1 Å². The Kier molecular flexibility index (Phi) is 6.71. The van der Waals surface area contributed by atoms with Crippen LogP contribution in [0.1, 0.15) is 49.1 Å². The van der Waals surface area contributed by atoms with E-state index < -0.39 is 0 Å². The van der Waals surface area contributed by atoms with Gasteiger partial charge in [0, 0.05) is 30.8 Å². The fourth-order valence-electron chi connectivity index (χ4n) is 4.80. The molecule has 1 N–H and O–H groups in total. The van der Waals surface area contributed by atoms with E-state index in [4.69, 9.17) is 23.2 Å². The van der Waals surface area contributed by atoms with E-state index in [-0.39, 0.29) is 17.2 Å². The van der Waals surface area contributed by atoms with Gasteiger partial charge in [-0.25, -0.2) is 0 Å². The van der Waals surface area contributed by atoms with Crippen LogP contribution in [0.3, 0.4) is 0 Å². The normalized spacial score (nSPS) is 29.3. The molecule has 0 saturated carbocycles. The van der Waals surface area contributed by atoms with Crippen LogP contribution in [0.2, 0.25) is 10.0 Å². The Balaban J connectivity index is 1.53. The van der Waals surface area contributed by atoms with Crippen molar-refractivity contribution < 1.29 is 4.79 Å². The maximum absolute atomic E-state index is 13.6. The summed E-state index contributed by atoms with van der Waals surface area (Å²) in [5, 5.41) is 4.85. The van der Waals surface area contributed by atoms with Gasteiger partial charge in [-0.2, -0.15) is 0 Å². The third-order valence-corrected chi connectivity index (χ3v) is 8.28. The molecule has 2 heterocycles. The average molecular weight is 427 g/mol. The van der Waals surface area contributed by atoms with Crippen LogP contribution in [-0.4, -0.2) is 53.9 Å². The number of nitrogens with zero attached hydrogens (tertiary/aromatic N) is 1. The van der Waals surface area contributed by atoms with E-state index >= 15 is 0 Å². The summed E-state index contributed by atoms with van der Waals surface area (Å²) in [5.74, 6) is 1.35. The molecule has 3 unspecified atom stereocenters. The smallest absolute Gasteiger partial charge is 0.154 e. The van der Waals surface area contributed by atoms with Gasteiger partial charge in [0.1, 0.15) is 0 Å². The van der Waals surface area contributed by atoms with Crippen molar-refractivity contribution in [1.29, 1.82) is 0 Å². The maximum atomic E-state index is 13.6. The highest BCUT2D eigenvalue weighted by atomic mass is 35.5. The van der Waals surface area contributed by atoms with Gasteiger partial charge in [0.2, 0.25) is 0 Å². The van der Waals surface area contributed by atoms with Crippen LogP contribution < -0.4 is 5.32 Å². The second-order valence-electron chi connectivity index (χ2n) is 8.03. The Hall–Kier alpha value is -0.260. The number of halogens is 2. The SMILES string of the molecule is O=C(C1CCCc2cc(Cl)c(Cl)cc21)C1SCCNC1CN1CCCCC1. The molecule has 0 bridgehead atoms. The minimum absolute atomic E-state index is 0.0334. The molecule has 2 aliphatic heterocycles. The van der Waals surface area contributed by atoms with Gasteiger partial charge in [0.05, 0.1) is 15.3 Å². The first-order valence-corrected chi connectivity index (χ1v) is 12.0. The molecule has 1 aromatic rings. The number of carbonyl (C=O) groups is 1. The molecule has 148 valence electrons. The number of fused-ring (bicyclic) bond motifs is 1. The van der Waals surface area contributed by atoms with Crippen molar-refractivity contribution >= 4 is 40.7 Å². The van der Waals surface area contributed by atoms with E-state index in [1.807, 2.05) is 23.9 Å². The summed E-state index contributed by atoms with van der Waals surface area (Å²) in [6.45, 7) is 4.33. The average Bonchev–Trinajstić information content (AvgIpc) is 2.69. The van der Waals surface area contributed by atoms with Crippen molar-refractivity contribution in [2.45, 2.75) is 55.7 Å². The Labute approximate surface area is 176 Å². The van der Waals surface area contributed by atoms with Crippen LogP contribution in [0.25, 0.3) is 0 Å². The molecule has 3 nitrogen and oxygen atoms in total. The molecule has 0 radical (unpaired) electrons. The van der Waals surface area contributed by atoms with Gasteiger partial charge in [-0.1, -0.05) is 29.6 Å². The van der Waals surface area contributed by atoms with E-state index in [0.29, 0.717) is 15.8 Å². The van der Waals surface area contributed by atoms with Gasteiger partial charge in [-0.15, -0.1) is 11.8 Å². The molecule has 1 aliphatic carbocycles. The zero-order valence-corrected chi connectivity index (χ0v) is 18.0. The molecule has 3 aliphatic rings. The number of nitrogens with one attached hydrogen (secondary N) is 1. The van der Waals surface area contributed by atoms with Gasteiger partial charge in [-0.3, -0.25) is 4.79 Å². The predicted octanol–water partition coefficient (Wildman–Crippen LogP) is 4.54. The molecule has 3 atom stereocenters. The molecule has 2 fully saturated rings. The molecule has 0 amide bonds. The number of rotatable bonds is 4. The fraction of sp³-hybridized carbons (Fsp3) is 0.667. The molecule has 27 heavy (non-hydrogen) atoms. The summed E-state index contributed by atoms with van der Waals surface area (Å²) < 4.78 is 0. The number of aryl methyl sites for hydroxylation is 1. The zero-order valence-electron chi connectivity index (χ0n) is 15.7. The van der Waals surface area contributed by atoms with Crippen LogP contribution in [0, 0.1) is 0 Å².